The van der Waals surface area contributed by atoms with E-state index in [0.717, 1.165) is 5.56 Å². The third-order valence-electron chi connectivity index (χ3n) is 3.88. The standard InChI is InChI=1S/C17H16O5/c18-13-4-5-15-14(8-13)16(19)12(9-22-15)7-10-2-1-3-11(6-10)17(20)21/h1-6,8,12,16,18-19H,7,9H2,(H,20,21)/t12-,16-/m0/s1. The fourth-order valence-corrected chi connectivity index (χ4v) is 2.74. The lowest BCUT2D eigenvalue weighted by Gasteiger charge is -2.30. The largest absolute Gasteiger partial charge is 0.508 e. The highest BCUT2D eigenvalue weighted by atomic mass is 16.5. The molecule has 5 heteroatoms. The van der Waals surface area contributed by atoms with E-state index in [2.05, 4.69) is 0 Å². The number of aromatic carboxylic acids is 1. The zero-order valence-electron chi connectivity index (χ0n) is 11.8. The van der Waals surface area contributed by atoms with Gasteiger partial charge in [0.25, 0.3) is 0 Å². The van der Waals surface area contributed by atoms with Crippen LogP contribution in [0, 0.1) is 5.92 Å². The highest BCUT2D eigenvalue weighted by Crippen LogP contribution is 2.38. The molecule has 1 aliphatic heterocycles. The van der Waals surface area contributed by atoms with Crippen LogP contribution in [-0.2, 0) is 6.42 Å². The van der Waals surface area contributed by atoms with Crippen molar-refractivity contribution >= 4 is 5.97 Å². The average Bonchev–Trinajstić information content (AvgIpc) is 2.51. The Kier molecular flexibility index (Phi) is 3.73. The minimum Gasteiger partial charge on any atom is -0.508 e. The molecular formula is C17H16O5. The first kappa shape index (κ1) is 14.4. The molecule has 1 heterocycles. The smallest absolute Gasteiger partial charge is 0.335 e. The number of phenols is 1. The molecule has 1 aliphatic rings. The maximum absolute atomic E-state index is 11.0. The van der Waals surface area contributed by atoms with E-state index in [4.69, 9.17) is 9.84 Å². The molecule has 114 valence electrons. The maximum Gasteiger partial charge on any atom is 0.335 e. The molecule has 3 rings (SSSR count). The zero-order chi connectivity index (χ0) is 15.7. The van der Waals surface area contributed by atoms with Gasteiger partial charge in [0.15, 0.2) is 0 Å². The van der Waals surface area contributed by atoms with Crippen molar-refractivity contribution in [3.63, 3.8) is 0 Å². The topological polar surface area (TPSA) is 87.0 Å². The first-order chi connectivity index (χ1) is 10.5. The monoisotopic (exact) mass is 300 g/mol. The minimum absolute atomic E-state index is 0.0786. The highest BCUT2D eigenvalue weighted by Gasteiger charge is 2.29. The third-order valence-corrected chi connectivity index (χ3v) is 3.88. The first-order valence-corrected chi connectivity index (χ1v) is 7.00. The van der Waals surface area contributed by atoms with Gasteiger partial charge in [-0.2, -0.15) is 0 Å². The van der Waals surface area contributed by atoms with Gasteiger partial charge in [0, 0.05) is 11.5 Å². The van der Waals surface area contributed by atoms with E-state index in [0.29, 0.717) is 24.3 Å². The molecule has 0 aliphatic carbocycles. The molecule has 0 unspecified atom stereocenters. The molecule has 0 saturated heterocycles. The molecule has 0 aromatic heterocycles. The molecule has 2 aromatic rings. The van der Waals surface area contributed by atoms with Crippen LogP contribution in [0.2, 0.25) is 0 Å². The van der Waals surface area contributed by atoms with Gasteiger partial charge in [0.1, 0.15) is 11.5 Å². The predicted molar refractivity (Wildman–Crippen MR) is 79.2 cm³/mol. The molecule has 0 amide bonds. The van der Waals surface area contributed by atoms with Gasteiger partial charge >= 0.3 is 5.97 Å². The summed E-state index contributed by atoms with van der Waals surface area (Å²) in [4.78, 5) is 11.0. The first-order valence-electron chi connectivity index (χ1n) is 7.00. The normalized spacial score (nSPS) is 20.0. The lowest BCUT2D eigenvalue weighted by Crippen LogP contribution is -2.27. The summed E-state index contributed by atoms with van der Waals surface area (Å²) >= 11 is 0. The number of fused-ring (bicyclic) bond motifs is 1. The molecule has 2 atom stereocenters. The Balaban J connectivity index is 1.82. The number of aliphatic hydroxyl groups is 1. The second-order valence-electron chi connectivity index (χ2n) is 5.45. The van der Waals surface area contributed by atoms with Crippen molar-refractivity contribution in [3.05, 3.63) is 59.2 Å². The van der Waals surface area contributed by atoms with Crippen LogP contribution in [0.3, 0.4) is 0 Å². The zero-order valence-corrected chi connectivity index (χ0v) is 11.8. The summed E-state index contributed by atoms with van der Waals surface area (Å²) in [6.45, 7) is 0.343. The number of aromatic hydroxyl groups is 1. The van der Waals surface area contributed by atoms with Crippen LogP contribution in [0.25, 0.3) is 0 Å². The Bertz CT molecular complexity index is 710. The minimum atomic E-state index is -0.974. The van der Waals surface area contributed by atoms with Crippen LogP contribution in [0.15, 0.2) is 42.5 Å². The summed E-state index contributed by atoms with van der Waals surface area (Å²) in [5.41, 5.74) is 1.61. The summed E-state index contributed by atoms with van der Waals surface area (Å²) in [7, 11) is 0. The van der Waals surface area contributed by atoms with E-state index in [-0.39, 0.29) is 17.2 Å². The summed E-state index contributed by atoms with van der Waals surface area (Å²) < 4.78 is 5.62. The molecule has 3 N–H and O–H groups in total. The Hall–Kier alpha value is -2.53. The van der Waals surface area contributed by atoms with Crippen molar-refractivity contribution in [2.75, 3.05) is 6.61 Å². The van der Waals surface area contributed by atoms with Crippen molar-refractivity contribution in [3.8, 4) is 11.5 Å². The van der Waals surface area contributed by atoms with E-state index >= 15 is 0 Å². The van der Waals surface area contributed by atoms with Gasteiger partial charge in [0.05, 0.1) is 18.3 Å². The lowest BCUT2D eigenvalue weighted by atomic mass is 9.88. The van der Waals surface area contributed by atoms with Crippen molar-refractivity contribution in [2.24, 2.45) is 5.92 Å². The average molecular weight is 300 g/mol. The number of hydrogen-bond donors (Lipinski definition) is 3. The molecule has 0 radical (unpaired) electrons. The summed E-state index contributed by atoms with van der Waals surface area (Å²) in [5, 5.41) is 29.1. The molecule has 0 bridgehead atoms. The predicted octanol–water partition coefficient (Wildman–Crippen LogP) is 2.38. The Morgan fingerprint density at radius 3 is 2.82 bits per heavy atom. The summed E-state index contributed by atoms with van der Waals surface area (Å²) in [6, 6.07) is 11.3. The molecule has 5 nitrogen and oxygen atoms in total. The number of phenolic OH excluding ortho intramolecular Hbond substituents is 1. The molecule has 0 saturated carbocycles. The van der Waals surface area contributed by atoms with Gasteiger partial charge in [-0.05, 0) is 42.3 Å². The molecule has 2 aromatic carbocycles. The number of aliphatic hydroxyl groups excluding tert-OH is 1. The Morgan fingerprint density at radius 2 is 2.05 bits per heavy atom. The molecule has 0 spiro atoms. The van der Waals surface area contributed by atoms with Crippen molar-refractivity contribution in [1.29, 1.82) is 0 Å². The van der Waals surface area contributed by atoms with Gasteiger partial charge < -0.3 is 20.1 Å². The summed E-state index contributed by atoms with van der Waals surface area (Å²) in [5.74, 6) is -0.522. The fourth-order valence-electron chi connectivity index (χ4n) is 2.74. The van der Waals surface area contributed by atoms with Gasteiger partial charge in [-0.15, -0.1) is 0 Å². The molecular weight excluding hydrogens is 284 g/mol. The quantitative estimate of drug-likeness (QED) is 0.810. The lowest BCUT2D eigenvalue weighted by molar-refractivity contribution is 0.0505. The van der Waals surface area contributed by atoms with E-state index in [1.165, 1.54) is 18.2 Å². The van der Waals surface area contributed by atoms with Crippen molar-refractivity contribution in [1.82, 2.24) is 0 Å². The third kappa shape index (κ3) is 2.76. The van der Waals surface area contributed by atoms with Crippen LogP contribution in [0.5, 0.6) is 11.5 Å². The van der Waals surface area contributed by atoms with Gasteiger partial charge in [-0.25, -0.2) is 4.79 Å². The maximum atomic E-state index is 11.0. The van der Waals surface area contributed by atoms with Crippen LogP contribution in [-0.4, -0.2) is 27.9 Å². The number of carboxylic acid groups (broad SMARTS) is 1. The van der Waals surface area contributed by atoms with E-state index < -0.39 is 12.1 Å². The second kappa shape index (κ2) is 5.69. The number of carboxylic acids is 1. The number of benzene rings is 2. The van der Waals surface area contributed by atoms with E-state index in [9.17, 15) is 15.0 Å². The van der Waals surface area contributed by atoms with Crippen molar-refractivity contribution in [2.45, 2.75) is 12.5 Å². The molecule has 0 fully saturated rings. The SMILES string of the molecule is O=C(O)c1cccc(C[C@H]2COc3ccc(O)cc3[C@H]2O)c1. The number of rotatable bonds is 3. The number of carbonyl (C=O) groups is 1. The van der Waals surface area contributed by atoms with Gasteiger partial charge in [-0.3, -0.25) is 0 Å². The van der Waals surface area contributed by atoms with Gasteiger partial charge in [-0.1, -0.05) is 12.1 Å². The number of hydrogen-bond acceptors (Lipinski definition) is 4. The molecule has 22 heavy (non-hydrogen) atoms. The Morgan fingerprint density at radius 1 is 1.23 bits per heavy atom. The van der Waals surface area contributed by atoms with Crippen LogP contribution in [0.4, 0.5) is 0 Å². The second-order valence-corrected chi connectivity index (χ2v) is 5.45. The Labute approximate surface area is 127 Å². The van der Waals surface area contributed by atoms with Crippen LogP contribution in [0.1, 0.15) is 27.6 Å². The number of ether oxygens (including phenoxy) is 1. The van der Waals surface area contributed by atoms with Crippen molar-refractivity contribution < 1.29 is 24.9 Å². The van der Waals surface area contributed by atoms with E-state index in [1.807, 2.05) is 6.07 Å². The highest BCUT2D eigenvalue weighted by molar-refractivity contribution is 5.87. The van der Waals surface area contributed by atoms with Crippen LogP contribution < -0.4 is 4.74 Å². The van der Waals surface area contributed by atoms with E-state index in [1.54, 1.807) is 18.2 Å². The van der Waals surface area contributed by atoms with Crippen LogP contribution >= 0.6 is 0 Å². The summed E-state index contributed by atoms with van der Waals surface area (Å²) in [6.07, 6.45) is -0.262. The van der Waals surface area contributed by atoms with Gasteiger partial charge in [0.2, 0.25) is 0 Å². The fraction of sp³-hybridized carbons (Fsp3) is 0.235.